The first-order chi connectivity index (χ1) is 9.45. The third-order valence-corrected chi connectivity index (χ3v) is 4.00. The fourth-order valence-electron chi connectivity index (χ4n) is 2.42. The van der Waals surface area contributed by atoms with Crippen LogP contribution < -0.4 is 5.32 Å². The molecule has 0 saturated carbocycles. The fraction of sp³-hybridized carbons (Fsp3) is 0.500. The molecule has 2 atom stereocenters. The number of nitrogens with one attached hydrogen (secondary N) is 1. The van der Waals surface area contributed by atoms with Crippen LogP contribution in [0.3, 0.4) is 0 Å². The van der Waals surface area contributed by atoms with Gasteiger partial charge < -0.3 is 15.3 Å². The lowest BCUT2D eigenvalue weighted by Gasteiger charge is -2.34. The maximum absolute atomic E-state index is 13.3. The standard InChI is InChI=1S/C14H18BrFN2O2/c1-9(19)10-3-2-4-18(8-10)14(20)17-13-6-11(15)5-12(16)7-13/h5-7,9-10,19H,2-4,8H2,1H3,(H,17,20)/t9-,10-/m1/s1. The van der Waals surface area contributed by atoms with Crippen LogP contribution in [0.4, 0.5) is 14.9 Å². The molecule has 0 spiro atoms. The van der Waals surface area contributed by atoms with Crippen molar-refractivity contribution in [3.8, 4) is 0 Å². The topological polar surface area (TPSA) is 52.6 Å². The number of amides is 2. The Morgan fingerprint density at radius 2 is 2.30 bits per heavy atom. The highest BCUT2D eigenvalue weighted by Gasteiger charge is 2.26. The number of aliphatic hydroxyl groups is 1. The molecule has 4 nitrogen and oxygen atoms in total. The molecule has 20 heavy (non-hydrogen) atoms. The van der Waals surface area contributed by atoms with E-state index in [1.807, 2.05) is 0 Å². The summed E-state index contributed by atoms with van der Waals surface area (Å²) in [7, 11) is 0. The van der Waals surface area contributed by atoms with Crippen LogP contribution in [0.1, 0.15) is 19.8 Å². The van der Waals surface area contributed by atoms with Gasteiger partial charge in [0.05, 0.1) is 6.10 Å². The first-order valence-corrected chi connectivity index (χ1v) is 7.45. The van der Waals surface area contributed by atoms with Crippen molar-refractivity contribution in [1.82, 2.24) is 4.90 Å². The molecule has 1 aliphatic rings. The van der Waals surface area contributed by atoms with Gasteiger partial charge in [-0.3, -0.25) is 0 Å². The molecule has 110 valence electrons. The van der Waals surface area contributed by atoms with Gasteiger partial charge in [0.2, 0.25) is 0 Å². The smallest absolute Gasteiger partial charge is 0.321 e. The number of likely N-dealkylation sites (tertiary alicyclic amines) is 1. The predicted molar refractivity (Wildman–Crippen MR) is 79.1 cm³/mol. The van der Waals surface area contributed by atoms with E-state index in [2.05, 4.69) is 21.2 Å². The lowest BCUT2D eigenvalue weighted by Crippen LogP contribution is -2.44. The molecule has 2 N–H and O–H groups in total. The zero-order valence-corrected chi connectivity index (χ0v) is 12.9. The first-order valence-electron chi connectivity index (χ1n) is 6.66. The van der Waals surface area contributed by atoms with Gasteiger partial charge in [0.15, 0.2) is 0 Å². The Balaban J connectivity index is 2.00. The van der Waals surface area contributed by atoms with Crippen LogP contribution in [-0.4, -0.2) is 35.2 Å². The molecule has 1 aliphatic heterocycles. The van der Waals surface area contributed by atoms with Crippen LogP contribution >= 0.6 is 15.9 Å². The fourth-order valence-corrected chi connectivity index (χ4v) is 2.88. The predicted octanol–water partition coefficient (Wildman–Crippen LogP) is 3.21. The Kier molecular flexibility index (Phi) is 4.99. The SMILES string of the molecule is C[C@@H](O)[C@@H]1CCCN(C(=O)Nc2cc(F)cc(Br)c2)C1. The second kappa shape index (κ2) is 6.54. The summed E-state index contributed by atoms with van der Waals surface area (Å²) in [5.41, 5.74) is 0.418. The molecule has 0 aromatic heterocycles. The largest absolute Gasteiger partial charge is 0.393 e. The van der Waals surface area contributed by atoms with Crippen molar-refractivity contribution in [2.45, 2.75) is 25.9 Å². The molecule has 0 radical (unpaired) electrons. The summed E-state index contributed by atoms with van der Waals surface area (Å²) in [6, 6.07) is 4.00. The normalized spacial score (nSPS) is 20.6. The minimum absolute atomic E-state index is 0.105. The van der Waals surface area contributed by atoms with Crippen molar-refractivity contribution in [3.05, 3.63) is 28.5 Å². The Morgan fingerprint density at radius 1 is 1.55 bits per heavy atom. The van der Waals surface area contributed by atoms with Gasteiger partial charge in [0.25, 0.3) is 0 Å². The van der Waals surface area contributed by atoms with E-state index >= 15 is 0 Å². The van der Waals surface area contributed by atoms with Gasteiger partial charge in [-0.15, -0.1) is 0 Å². The van der Waals surface area contributed by atoms with Crippen LogP contribution in [0.2, 0.25) is 0 Å². The van der Waals surface area contributed by atoms with Gasteiger partial charge in [-0.05, 0) is 38.0 Å². The van der Waals surface area contributed by atoms with Crippen molar-refractivity contribution in [1.29, 1.82) is 0 Å². The molecule has 1 aromatic carbocycles. The minimum atomic E-state index is -0.422. The Hall–Kier alpha value is -1.14. The van der Waals surface area contributed by atoms with E-state index < -0.39 is 11.9 Å². The molecule has 0 aliphatic carbocycles. The van der Waals surface area contributed by atoms with Gasteiger partial charge in [0, 0.05) is 29.2 Å². The number of benzene rings is 1. The third-order valence-electron chi connectivity index (χ3n) is 3.54. The number of carbonyl (C=O) groups excluding carboxylic acids is 1. The molecule has 0 bridgehead atoms. The maximum atomic E-state index is 13.3. The van der Waals surface area contributed by atoms with Gasteiger partial charge in [-0.2, -0.15) is 0 Å². The lowest BCUT2D eigenvalue weighted by molar-refractivity contribution is 0.0766. The summed E-state index contributed by atoms with van der Waals surface area (Å²) in [5, 5.41) is 12.3. The lowest BCUT2D eigenvalue weighted by atomic mass is 9.94. The number of carbonyl (C=O) groups is 1. The molecule has 1 aromatic rings. The zero-order chi connectivity index (χ0) is 14.7. The molecule has 1 saturated heterocycles. The average molecular weight is 345 g/mol. The average Bonchev–Trinajstić information content (AvgIpc) is 2.37. The highest BCUT2D eigenvalue weighted by Crippen LogP contribution is 2.22. The summed E-state index contributed by atoms with van der Waals surface area (Å²) in [6.07, 6.45) is 1.37. The monoisotopic (exact) mass is 344 g/mol. The summed E-state index contributed by atoms with van der Waals surface area (Å²) in [5.74, 6) is -0.302. The molecular weight excluding hydrogens is 327 g/mol. The summed E-state index contributed by atoms with van der Waals surface area (Å²) < 4.78 is 13.8. The first kappa shape index (κ1) is 15.3. The van der Waals surface area contributed by atoms with Crippen molar-refractivity contribution >= 4 is 27.6 Å². The second-order valence-corrected chi connectivity index (χ2v) is 6.09. The highest BCUT2D eigenvalue weighted by atomic mass is 79.9. The minimum Gasteiger partial charge on any atom is -0.393 e. The Bertz CT molecular complexity index is 476. The van der Waals surface area contributed by atoms with E-state index in [-0.39, 0.29) is 11.9 Å². The van der Waals surface area contributed by atoms with E-state index in [0.29, 0.717) is 23.2 Å². The van der Waals surface area contributed by atoms with Crippen LogP contribution in [0.25, 0.3) is 0 Å². The van der Waals surface area contributed by atoms with E-state index in [9.17, 15) is 14.3 Å². The highest BCUT2D eigenvalue weighted by molar-refractivity contribution is 9.10. The molecule has 1 heterocycles. The van der Waals surface area contributed by atoms with Crippen LogP contribution in [0, 0.1) is 11.7 Å². The van der Waals surface area contributed by atoms with E-state index in [1.165, 1.54) is 12.1 Å². The summed E-state index contributed by atoms with van der Waals surface area (Å²) >= 11 is 3.19. The van der Waals surface area contributed by atoms with Crippen molar-refractivity contribution < 1.29 is 14.3 Å². The maximum Gasteiger partial charge on any atom is 0.321 e. The van der Waals surface area contributed by atoms with Crippen molar-refractivity contribution in [3.63, 3.8) is 0 Å². The Morgan fingerprint density at radius 3 is 2.95 bits per heavy atom. The number of halogens is 2. The van der Waals surface area contributed by atoms with Crippen molar-refractivity contribution in [2.75, 3.05) is 18.4 Å². The van der Waals surface area contributed by atoms with Crippen LogP contribution in [-0.2, 0) is 0 Å². The number of nitrogens with zero attached hydrogens (tertiary/aromatic N) is 1. The van der Waals surface area contributed by atoms with Gasteiger partial charge in [0.1, 0.15) is 5.82 Å². The van der Waals surface area contributed by atoms with Gasteiger partial charge >= 0.3 is 6.03 Å². The third kappa shape index (κ3) is 3.93. The number of anilines is 1. The molecule has 6 heteroatoms. The van der Waals surface area contributed by atoms with Gasteiger partial charge in [-0.1, -0.05) is 15.9 Å². The summed E-state index contributed by atoms with van der Waals surface area (Å²) in [6.45, 7) is 2.93. The molecular formula is C14H18BrFN2O2. The van der Waals surface area contributed by atoms with E-state index in [4.69, 9.17) is 0 Å². The number of urea groups is 1. The molecule has 1 fully saturated rings. The van der Waals surface area contributed by atoms with Gasteiger partial charge in [-0.25, -0.2) is 9.18 Å². The second-order valence-electron chi connectivity index (χ2n) is 5.18. The number of aliphatic hydroxyl groups excluding tert-OH is 1. The van der Waals surface area contributed by atoms with E-state index in [0.717, 1.165) is 12.8 Å². The van der Waals surface area contributed by atoms with E-state index in [1.54, 1.807) is 17.9 Å². The number of rotatable bonds is 2. The van der Waals surface area contributed by atoms with Crippen molar-refractivity contribution in [2.24, 2.45) is 5.92 Å². The number of piperidine rings is 1. The number of hydrogen-bond donors (Lipinski definition) is 2. The molecule has 2 amide bonds. The Labute approximate surface area is 126 Å². The quantitative estimate of drug-likeness (QED) is 0.865. The summed E-state index contributed by atoms with van der Waals surface area (Å²) in [4.78, 5) is 13.8. The number of hydrogen-bond acceptors (Lipinski definition) is 2. The molecule has 0 unspecified atom stereocenters. The van der Waals surface area contributed by atoms with Crippen LogP contribution in [0.5, 0.6) is 0 Å². The zero-order valence-electron chi connectivity index (χ0n) is 11.3. The van der Waals surface area contributed by atoms with Crippen LogP contribution in [0.15, 0.2) is 22.7 Å². The molecule has 2 rings (SSSR count).